The molecule has 0 saturated carbocycles. The van der Waals surface area contributed by atoms with Crippen molar-refractivity contribution in [1.82, 2.24) is 10.2 Å². The third-order valence-corrected chi connectivity index (χ3v) is 3.86. The number of carboxylic acids is 1. The summed E-state index contributed by atoms with van der Waals surface area (Å²) in [5.41, 5.74) is 0. The van der Waals surface area contributed by atoms with Crippen LogP contribution in [-0.4, -0.2) is 46.9 Å². The Balaban J connectivity index is 2.46. The summed E-state index contributed by atoms with van der Waals surface area (Å²) in [7, 11) is 0. The molecule has 6 nitrogen and oxygen atoms in total. The largest absolute Gasteiger partial charge is 0.480 e. The molecule has 2 N–H and O–H groups in total. The summed E-state index contributed by atoms with van der Waals surface area (Å²) >= 11 is 0. The SMILES string of the molecule is CC(C)CCC(=O)NCC(=O)N1CCC(C)CC1C(=O)O. The van der Waals surface area contributed by atoms with Gasteiger partial charge in [-0.3, -0.25) is 9.59 Å². The number of likely N-dealkylation sites (tertiary alicyclic amines) is 1. The van der Waals surface area contributed by atoms with E-state index >= 15 is 0 Å². The van der Waals surface area contributed by atoms with E-state index in [2.05, 4.69) is 5.32 Å². The number of piperidine rings is 1. The molecule has 0 aromatic carbocycles. The Hall–Kier alpha value is -1.59. The molecule has 1 fully saturated rings. The first kappa shape index (κ1) is 17.5. The Morgan fingerprint density at radius 2 is 2.00 bits per heavy atom. The van der Waals surface area contributed by atoms with E-state index in [-0.39, 0.29) is 18.4 Å². The molecule has 0 spiro atoms. The van der Waals surface area contributed by atoms with Crippen molar-refractivity contribution in [2.45, 2.75) is 52.5 Å². The van der Waals surface area contributed by atoms with E-state index in [1.807, 2.05) is 20.8 Å². The van der Waals surface area contributed by atoms with Gasteiger partial charge in [-0.1, -0.05) is 20.8 Å². The van der Waals surface area contributed by atoms with Crippen LogP contribution in [0.5, 0.6) is 0 Å². The van der Waals surface area contributed by atoms with Gasteiger partial charge in [-0.2, -0.15) is 0 Å². The van der Waals surface area contributed by atoms with Crippen molar-refractivity contribution in [3.8, 4) is 0 Å². The molecule has 2 atom stereocenters. The number of hydrogen-bond acceptors (Lipinski definition) is 3. The highest BCUT2D eigenvalue weighted by molar-refractivity contribution is 5.88. The van der Waals surface area contributed by atoms with Gasteiger partial charge in [0.25, 0.3) is 0 Å². The second kappa shape index (κ2) is 8.00. The third kappa shape index (κ3) is 5.73. The molecule has 0 aliphatic carbocycles. The van der Waals surface area contributed by atoms with Crippen LogP contribution >= 0.6 is 0 Å². The van der Waals surface area contributed by atoms with E-state index in [0.717, 1.165) is 12.8 Å². The van der Waals surface area contributed by atoms with Crippen LogP contribution < -0.4 is 5.32 Å². The third-order valence-electron chi connectivity index (χ3n) is 3.86. The minimum Gasteiger partial charge on any atom is -0.480 e. The quantitative estimate of drug-likeness (QED) is 0.772. The van der Waals surface area contributed by atoms with E-state index in [4.69, 9.17) is 0 Å². The lowest BCUT2D eigenvalue weighted by molar-refractivity contribution is -0.152. The summed E-state index contributed by atoms with van der Waals surface area (Å²) < 4.78 is 0. The second-order valence-corrected chi connectivity index (χ2v) is 6.28. The summed E-state index contributed by atoms with van der Waals surface area (Å²) in [5.74, 6) is -0.704. The predicted octanol–water partition coefficient (Wildman–Crippen LogP) is 1.25. The summed E-state index contributed by atoms with van der Waals surface area (Å²) in [6, 6.07) is -0.770. The van der Waals surface area contributed by atoms with Crippen LogP contribution in [-0.2, 0) is 14.4 Å². The molecule has 0 aromatic heterocycles. The molecule has 1 aliphatic rings. The second-order valence-electron chi connectivity index (χ2n) is 6.28. The lowest BCUT2D eigenvalue weighted by Crippen LogP contribution is -2.52. The van der Waals surface area contributed by atoms with Crippen molar-refractivity contribution in [2.24, 2.45) is 11.8 Å². The molecule has 120 valence electrons. The van der Waals surface area contributed by atoms with Crippen LogP contribution in [0.3, 0.4) is 0 Å². The van der Waals surface area contributed by atoms with Crippen LogP contribution in [0.1, 0.15) is 46.5 Å². The number of carboxylic acid groups (broad SMARTS) is 1. The normalized spacial score (nSPS) is 22.2. The average molecular weight is 298 g/mol. The highest BCUT2D eigenvalue weighted by atomic mass is 16.4. The smallest absolute Gasteiger partial charge is 0.326 e. The lowest BCUT2D eigenvalue weighted by atomic mass is 9.92. The van der Waals surface area contributed by atoms with Gasteiger partial charge in [0.05, 0.1) is 6.54 Å². The number of carbonyl (C=O) groups excluding carboxylic acids is 2. The molecule has 1 heterocycles. The topological polar surface area (TPSA) is 86.7 Å². The first-order valence-electron chi connectivity index (χ1n) is 7.60. The maximum Gasteiger partial charge on any atom is 0.326 e. The molecule has 1 aliphatic heterocycles. The summed E-state index contributed by atoms with van der Waals surface area (Å²) in [5, 5.41) is 11.8. The van der Waals surface area contributed by atoms with Crippen molar-refractivity contribution in [2.75, 3.05) is 13.1 Å². The fraction of sp³-hybridized carbons (Fsp3) is 0.800. The number of amides is 2. The Bertz CT molecular complexity index is 395. The highest BCUT2D eigenvalue weighted by Crippen LogP contribution is 2.22. The van der Waals surface area contributed by atoms with Gasteiger partial charge < -0.3 is 15.3 Å². The molecule has 0 bridgehead atoms. The molecular formula is C15H26N2O4. The van der Waals surface area contributed by atoms with E-state index in [1.54, 1.807) is 0 Å². The fourth-order valence-electron chi connectivity index (χ4n) is 2.46. The Kier molecular flexibility index (Phi) is 6.65. The van der Waals surface area contributed by atoms with Gasteiger partial charge in [0.1, 0.15) is 6.04 Å². The maximum absolute atomic E-state index is 12.1. The van der Waals surface area contributed by atoms with E-state index in [9.17, 15) is 19.5 Å². The minimum atomic E-state index is -0.971. The van der Waals surface area contributed by atoms with E-state index in [0.29, 0.717) is 31.2 Å². The molecule has 21 heavy (non-hydrogen) atoms. The number of nitrogens with one attached hydrogen (secondary N) is 1. The average Bonchev–Trinajstić information content (AvgIpc) is 2.42. The van der Waals surface area contributed by atoms with Crippen LogP contribution in [0.2, 0.25) is 0 Å². The first-order valence-corrected chi connectivity index (χ1v) is 7.60. The summed E-state index contributed by atoms with van der Waals surface area (Å²) in [6.07, 6.45) is 2.45. The predicted molar refractivity (Wildman–Crippen MR) is 78.6 cm³/mol. The summed E-state index contributed by atoms with van der Waals surface area (Å²) in [6.45, 7) is 6.38. The zero-order chi connectivity index (χ0) is 16.0. The van der Waals surface area contributed by atoms with Crippen molar-refractivity contribution in [3.05, 3.63) is 0 Å². The van der Waals surface area contributed by atoms with Crippen molar-refractivity contribution in [3.63, 3.8) is 0 Å². The molecule has 1 rings (SSSR count). The van der Waals surface area contributed by atoms with Gasteiger partial charge in [0.15, 0.2) is 0 Å². The lowest BCUT2D eigenvalue weighted by Gasteiger charge is -2.36. The van der Waals surface area contributed by atoms with Gasteiger partial charge in [-0.25, -0.2) is 4.79 Å². The van der Waals surface area contributed by atoms with Gasteiger partial charge in [0, 0.05) is 13.0 Å². The number of aliphatic carboxylic acids is 1. The van der Waals surface area contributed by atoms with Gasteiger partial charge >= 0.3 is 5.97 Å². The molecule has 1 saturated heterocycles. The van der Waals surface area contributed by atoms with E-state index in [1.165, 1.54) is 4.90 Å². The molecule has 2 unspecified atom stereocenters. The number of rotatable bonds is 6. The van der Waals surface area contributed by atoms with Crippen LogP contribution in [0, 0.1) is 11.8 Å². The first-order chi connectivity index (χ1) is 9.81. The van der Waals surface area contributed by atoms with E-state index < -0.39 is 12.0 Å². The molecular weight excluding hydrogens is 272 g/mol. The molecule has 6 heteroatoms. The van der Waals surface area contributed by atoms with Crippen LogP contribution in [0.15, 0.2) is 0 Å². The highest BCUT2D eigenvalue weighted by Gasteiger charge is 2.34. The molecule has 0 radical (unpaired) electrons. The summed E-state index contributed by atoms with van der Waals surface area (Å²) in [4.78, 5) is 36.3. The van der Waals surface area contributed by atoms with Gasteiger partial charge in [-0.15, -0.1) is 0 Å². The number of carbonyl (C=O) groups is 3. The minimum absolute atomic E-state index is 0.116. The van der Waals surface area contributed by atoms with Crippen molar-refractivity contribution in [1.29, 1.82) is 0 Å². The monoisotopic (exact) mass is 298 g/mol. The van der Waals surface area contributed by atoms with Crippen LogP contribution in [0.4, 0.5) is 0 Å². The van der Waals surface area contributed by atoms with Gasteiger partial charge in [0.2, 0.25) is 11.8 Å². The number of nitrogens with zero attached hydrogens (tertiary/aromatic N) is 1. The zero-order valence-corrected chi connectivity index (χ0v) is 13.1. The van der Waals surface area contributed by atoms with Crippen molar-refractivity contribution < 1.29 is 19.5 Å². The van der Waals surface area contributed by atoms with Gasteiger partial charge in [-0.05, 0) is 31.1 Å². The van der Waals surface area contributed by atoms with Crippen molar-refractivity contribution >= 4 is 17.8 Å². The Morgan fingerprint density at radius 3 is 2.57 bits per heavy atom. The number of hydrogen-bond donors (Lipinski definition) is 2. The zero-order valence-electron chi connectivity index (χ0n) is 13.1. The maximum atomic E-state index is 12.1. The Labute approximate surface area is 125 Å². The fourth-order valence-corrected chi connectivity index (χ4v) is 2.46. The molecule has 0 aromatic rings. The molecule has 2 amide bonds. The standard InChI is InChI=1S/C15H26N2O4/c1-10(2)4-5-13(18)16-9-14(19)17-7-6-11(3)8-12(17)15(20)21/h10-12H,4-9H2,1-3H3,(H,16,18)(H,20,21). The Morgan fingerprint density at radius 1 is 1.33 bits per heavy atom. The van der Waals surface area contributed by atoms with Crippen LogP contribution in [0.25, 0.3) is 0 Å².